The van der Waals surface area contributed by atoms with Gasteiger partial charge in [0.25, 0.3) is 0 Å². The third kappa shape index (κ3) is 3.50. The highest BCUT2D eigenvalue weighted by molar-refractivity contribution is 5.94. The minimum Gasteiger partial charge on any atom is -0.486 e. The van der Waals surface area contributed by atoms with E-state index in [0.717, 1.165) is 37.4 Å². The standard InChI is InChI=1S/C18H23N5O3/c1-13(22-6-4-15(5-7-22)23-12-19-11-20-23)18(24)21-14-2-3-16-17(10-14)26-9-8-25-16/h2-3,10-13,15H,4-9H2,1H3,(H,21,24). The molecule has 2 aliphatic heterocycles. The van der Waals surface area contributed by atoms with Crippen LogP contribution >= 0.6 is 0 Å². The summed E-state index contributed by atoms with van der Waals surface area (Å²) in [5, 5.41) is 7.21. The molecule has 0 spiro atoms. The Morgan fingerprint density at radius 3 is 2.73 bits per heavy atom. The summed E-state index contributed by atoms with van der Waals surface area (Å²) in [5.41, 5.74) is 0.726. The van der Waals surface area contributed by atoms with Gasteiger partial charge in [0.1, 0.15) is 25.9 Å². The molecule has 2 aliphatic rings. The summed E-state index contributed by atoms with van der Waals surface area (Å²) in [4.78, 5) is 18.9. The van der Waals surface area contributed by atoms with E-state index in [1.54, 1.807) is 12.7 Å². The van der Waals surface area contributed by atoms with Crippen LogP contribution in [-0.2, 0) is 4.79 Å². The molecule has 1 N–H and O–H groups in total. The van der Waals surface area contributed by atoms with Gasteiger partial charge in [0.15, 0.2) is 11.5 Å². The summed E-state index contributed by atoms with van der Waals surface area (Å²) in [6.45, 7) is 4.76. The van der Waals surface area contributed by atoms with E-state index in [-0.39, 0.29) is 11.9 Å². The van der Waals surface area contributed by atoms with E-state index in [1.165, 1.54) is 0 Å². The molecule has 1 unspecified atom stereocenters. The molecule has 1 amide bonds. The number of anilines is 1. The fraction of sp³-hybridized carbons (Fsp3) is 0.500. The minimum absolute atomic E-state index is 0.0131. The number of carbonyl (C=O) groups excluding carboxylic acids is 1. The Hall–Kier alpha value is -2.61. The number of hydrogen-bond donors (Lipinski definition) is 1. The maximum Gasteiger partial charge on any atom is 0.241 e. The first-order valence-corrected chi connectivity index (χ1v) is 8.99. The summed E-state index contributed by atoms with van der Waals surface area (Å²) < 4.78 is 13.0. The largest absolute Gasteiger partial charge is 0.486 e. The number of hydrogen-bond acceptors (Lipinski definition) is 6. The van der Waals surface area contributed by atoms with Crippen LogP contribution in [0.2, 0.25) is 0 Å². The number of amides is 1. The van der Waals surface area contributed by atoms with Crippen molar-refractivity contribution in [3.63, 3.8) is 0 Å². The molecular weight excluding hydrogens is 334 g/mol. The van der Waals surface area contributed by atoms with Crippen molar-refractivity contribution in [3.8, 4) is 11.5 Å². The Morgan fingerprint density at radius 1 is 1.23 bits per heavy atom. The summed E-state index contributed by atoms with van der Waals surface area (Å²) >= 11 is 0. The van der Waals surface area contributed by atoms with Gasteiger partial charge in [-0.05, 0) is 31.9 Å². The first-order valence-electron chi connectivity index (χ1n) is 8.99. The van der Waals surface area contributed by atoms with Gasteiger partial charge < -0.3 is 14.8 Å². The molecule has 3 heterocycles. The summed E-state index contributed by atoms with van der Waals surface area (Å²) in [7, 11) is 0. The van der Waals surface area contributed by atoms with Gasteiger partial charge in [-0.3, -0.25) is 9.69 Å². The maximum absolute atomic E-state index is 12.6. The summed E-state index contributed by atoms with van der Waals surface area (Å²) in [6, 6.07) is 5.66. The molecular formula is C18H23N5O3. The zero-order chi connectivity index (χ0) is 17.9. The van der Waals surface area contributed by atoms with Crippen molar-refractivity contribution in [2.75, 3.05) is 31.6 Å². The van der Waals surface area contributed by atoms with Crippen LogP contribution in [-0.4, -0.2) is 57.9 Å². The number of aromatic nitrogens is 3. The predicted octanol–water partition coefficient (Wildman–Crippen LogP) is 1.71. The van der Waals surface area contributed by atoms with Crippen molar-refractivity contribution in [3.05, 3.63) is 30.9 Å². The second-order valence-electron chi connectivity index (χ2n) is 6.67. The second-order valence-corrected chi connectivity index (χ2v) is 6.67. The van der Waals surface area contributed by atoms with Crippen LogP contribution < -0.4 is 14.8 Å². The number of nitrogens with zero attached hydrogens (tertiary/aromatic N) is 4. The number of nitrogens with one attached hydrogen (secondary N) is 1. The predicted molar refractivity (Wildman–Crippen MR) is 95.4 cm³/mol. The van der Waals surface area contributed by atoms with E-state index in [0.29, 0.717) is 25.0 Å². The zero-order valence-corrected chi connectivity index (χ0v) is 14.8. The van der Waals surface area contributed by atoms with Crippen molar-refractivity contribution < 1.29 is 14.3 Å². The molecule has 0 aliphatic carbocycles. The Balaban J connectivity index is 1.33. The zero-order valence-electron chi connectivity index (χ0n) is 14.8. The number of carbonyl (C=O) groups is 1. The van der Waals surface area contributed by atoms with Gasteiger partial charge in [-0.1, -0.05) is 0 Å². The minimum atomic E-state index is -0.195. The highest BCUT2D eigenvalue weighted by Crippen LogP contribution is 2.32. The molecule has 1 saturated heterocycles. The Morgan fingerprint density at radius 2 is 2.00 bits per heavy atom. The Labute approximate surface area is 152 Å². The number of fused-ring (bicyclic) bond motifs is 1. The number of benzene rings is 1. The van der Waals surface area contributed by atoms with Gasteiger partial charge >= 0.3 is 0 Å². The molecule has 2 aromatic rings. The van der Waals surface area contributed by atoms with Crippen LogP contribution in [0.15, 0.2) is 30.9 Å². The van der Waals surface area contributed by atoms with E-state index in [4.69, 9.17) is 9.47 Å². The van der Waals surface area contributed by atoms with E-state index in [9.17, 15) is 4.79 Å². The van der Waals surface area contributed by atoms with Crippen molar-refractivity contribution in [2.24, 2.45) is 0 Å². The number of ether oxygens (including phenoxy) is 2. The van der Waals surface area contributed by atoms with Gasteiger partial charge in [0.05, 0.1) is 12.1 Å². The topological polar surface area (TPSA) is 81.5 Å². The Bertz CT molecular complexity index is 756. The molecule has 0 radical (unpaired) electrons. The number of piperidine rings is 1. The first-order chi connectivity index (χ1) is 12.7. The smallest absolute Gasteiger partial charge is 0.241 e. The highest BCUT2D eigenvalue weighted by atomic mass is 16.6. The fourth-order valence-corrected chi connectivity index (χ4v) is 3.48. The molecule has 26 heavy (non-hydrogen) atoms. The lowest BCUT2D eigenvalue weighted by molar-refractivity contribution is -0.121. The lowest BCUT2D eigenvalue weighted by Crippen LogP contribution is -2.46. The van der Waals surface area contributed by atoms with Crippen LogP contribution in [0.25, 0.3) is 0 Å². The summed E-state index contributed by atoms with van der Waals surface area (Å²) in [6.07, 6.45) is 5.25. The molecule has 4 rings (SSSR count). The number of likely N-dealkylation sites (tertiary alicyclic amines) is 1. The van der Waals surface area contributed by atoms with E-state index < -0.39 is 0 Å². The van der Waals surface area contributed by atoms with Gasteiger partial charge in [-0.15, -0.1) is 0 Å². The van der Waals surface area contributed by atoms with Crippen LogP contribution in [0.5, 0.6) is 11.5 Å². The molecule has 0 bridgehead atoms. The van der Waals surface area contributed by atoms with Gasteiger partial charge in [-0.25, -0.2) is 9.67 Å². The van der Waals surface area contributed by atoms with Crippen molar-refractivity contribution in [1.29, 1.82) is 0 Å². The SMILES string of the molecule is CC(C(=O)Nc1ccc2c(c1)OCCO2)N1CCC(n2cncn2)CC1. The maximum atomic E-state index is 12.6. The van der Waals surface area contributed by atoms with Crippen LogP contribution in [0.4, 0.5) is 5.69 Å². The van der Waals surface area contributed by atoms with Crippen LogP contribution in [0, 0.1) is 0 Å². The van der Waals surface area contributed by atoms with Gasteiger partial charge in [0.2, 0.25) is 5.91 Å². The molecule has 1 aromatic carbocycles. The molecule has 138 valence electrons. The fourth-order valence-electron chi connectivity index (χ4n) is 3.48. The van der Waals surface area contributed by atoms with Crippen molar-refractivity contribution in [1.82, 2.24) is 19.7 Å². The van der Waals surface area contributed by atoms with Crippen LogP contribution in [0.3, 0.4) is 0 Å². The van der Waals surface area contributed by atoms with E-state index in [1.807, 2.05) is 29.8 Å². The average Bonchev–Trinajstić information content (AvgIpc) is 3.22. The molecule has 8 heteroatoms. The quantitative estimate of drug-likeness (QED) is 0.897. The normalized spacial score (nSPS) is 19.1. The molecule has 8 nitrogen and oxygen atoms in total. The molecule has 0 saturated carbocycles. The molecule has 1 fully saturated rings. The second kappa shape index (κ2) is 7.33. The van der Waals surface area contributed by atoms with Crippen molar-refractivity contribution >= 4 is 11.6 Å². The van der Waals surface area contributed by atoms with Crippen molar-refractivity contribution in [2.45, 2.75) is 31.8 Å². The van der Waals surface area contributed by atoms with Gasteiger partial charge in [-0.2, -0.15) is 5.10 Å². The lowest BCUT2D eigenvalue weighted by Gasteiger charge is -2.35. The third-order valence-corrected chi connectivity index (χ3v) is 5.05. The first kappa shape index (κ1) is 16.8. The average molecular weight is 357 g/mol. The highest BCUT2D eigenvalue weighted by Gasteiger charge is 2.27. The third-order valence-electron chi connectivity index (χ3n) is 5.05. The molecule has 1 atom stereocenters. The van der Waals surface area contributed by atoms with Gasteiger partial charge in [0, 0.05) is 24.8 Å². The summed E-state index contributed by atoms with van der Waals surface area (Å²) in [5.74, 6) is 1.38. The molecule has 1 aromatic heterocycles. The monoisotopic (exact) mass is 357 g/mol. The number of rotatable bonds is 4. The van der Waals surface area contributed by atoms with E-state index >= 15 is 0 Å². The van der Waals surface area contributed by atoms with Crippen LogP contribution in [0.1, 0.15) is 25.8 Å². The lowest BCUT2D eigenvalue weighted by atomic mass is 10.0. The van der Waals surface area contributed by atoms with E-state index in [2.05, 4.69) is 20.3 Å². The Kier molecular flexibility index (Phi) is 4.75.